The molecule has 6 nitrogen and oxygen atoms in total. The quantitative estimate of drug-likeness (QED) is 0.153. The summed E-state index contributed by atoms with van der Waals surface area (Å²) in [5, 5.41) is 17.7. The Morgan fingerprint density at radius 1 is 0.538 bits per heavy atom. The minimum atomic E-state index is -1.68. The van der Waals surface area contributed by atoms with E-state index in [2.05, 4.69) is 36.4 Å². The van der Waals surface area contributed by atoms with E-state index >= 15 is 0 Å². The number of ether oxygens (including phenoxy) is 3. The molecule has 0 saturated heterocycles. The Labute approximate surface area is 234 Å². The summed E-state index contributed by atoms with van der Waals surface area (Å²) in [5.74, 6) is 2.60. The first-order chi connectivity index (χ1) is 18.9. The molecule has 3 aromatic rings. The van der Waals surface area contributed by atoms with Crippen LogP contribution in [0.4, 0.5) is 0 Å². The van der Waals surface area contributed by atoms with Gasteiger partial charge in [0.2, 0.25) is 0 Å². The van der Waals surface area contributed by atoms with Crippen LogP contribution in [0.3, 0.4) is 0 Å². The summed E-state index contributed by atoms with van der Waals surface area (Å²) in [6.07, 6.45) is 9.12. The van der Waals surface area contributed by atoms with Crippen LogP contribution in [0.25, 0.3) is 0 Å². The first-order valence-corrected chi connectivity index (χ1v) is 13.8. The third-order valence-electron chi connectivity index (χ3n) is 7.33. The van der Waals surface area contributed by atoms with Crippen LogP contribution < -0.4 is 14.2 Å². The first-order valence-electron chi connectivity index (χ1n) is 13.8. The summed E-state index contributed by atoms with van der Waals surface area (Å²) in [6.45, 7) is 0.369. The Kier molecular flexibility index (Phi) is 12.7. The van der Waals surface area contributed by atoms with E-state index in [0.717, 1.165) is 75.0 Å². The lowest BCUT2D eigenvalue weighted by Crippen LogP contribution is -2.30. The zero-order chi connectivity index (χ0) is 27.9. The summed E-state index contributed by atoms with van der Waals surface area (Å²) < 4.78 is 21.1. The van der Waals surface area contributed by atoms with Crippen LogP contribution in [0.2, 0.25) is 0 Å². The highest BCUT2D eigenvalue weighted by Crippen LogP contribution is 2.38. The lowest BCUT2D eigenvalue weighted by Gasteiger charge is -2.35. The molecule has 0 aliphatic heterocycles. The Morgan fingerprint density at radius 2 is 0.897 bits per heavy atom. The van der Waals surface area contributed by atoms with Gasteiger partial charge < -0.3 is 28.9 Å². The fraction of sp³-hybridized carbons (Fsp3) is 0.438. The van der Waals surface area contributed by atoms with Crippen molar-refractivity contribution in [3.63, 3.8) is 0 Å². The number of benzene rings is 3. The van der Waals surface area contributed by atoms with E-state index in [-0.39, 0.29) is 5.41 Å². The Bertz CT molecular complexity index is 947. The topological polar surface area (TPSA) is 77.4 Å². The van der Waals surface area contributed by atoms with Gasteiger partial charge in [-0.3, -0.25) is 0 Å². The molecule has 0 fully saturated rings. The van der Waals surface area contributed by atoms with E-state index in [1.165, 1.54) is 16.7 Å². The van der Waals surface area contributed by atoms with E-state index in [9.17, 15) is 0 Å². The van der Waals surface area contributed by atoms with Gasteiger partial charge in [0, 0.05) is 6.61 Å². The monoisotopic (exact) mass is 534 g/mol. The van der Waals surface area contributed by atoms with Gasteiger partial charge in [-0.25, -0.2) is 0 Å². The number of hydrogen-bond donors (Lipinski definition) is 2. The van der Waals surface area contributed by atoms with Crippen molar-refractivity contribution in [2.75, 3.05) is 27.9 Å². The largest absolute Gasteiger partial charge is 0.633 e. The molecule has 3 aromatic carbocycles. The molecule has 0 atom stereocenters. The van der Waals surface area contributed by atoms with Crippen LogP contribution in [0.15, 0.2) is 72.8 Å². The summed E-state index contributed by atoms with van der Waals surface area (Å²) in [7, 11) is 3.42. The number of unbranched alkanes of at least 4 members (excludes halogenated alkanes) is 4. The second-order valence-electron chi connectivity index (χ2n) is 10.3. The maximum absolute atomic E-state index is 8.85. The number of methoxy groups -OCH3 is 3. The minimum absolute atomic E-state index is 0.0157. The van der Waals surface area contributed by atoms with Crippen LogP contribution in [0.5, 0.6) is 17.2 Å². The van der Waals surface area contributed by atoms with Crippen molar-refractivity contribution in [1.82, 2.24) is 0 Å². The van der Waals surface area contributed by atoms with Crippen molar-refractivity contribution in [3.8, 4) is 17.2 Å². The van der Waals surface area contributed by atoms with E-state index in [4.69, 9.17) is 28.9 Å². The maximum atomic E-state index is 8.85. The van der Waals surface area contributed by atoms with Gasteiger partial charge >= 0.3 is 7.32 Å². The molecule has 39 heavy (non-hydrogen) atoms. The van der Waals surface area contributed by atoms with Gasteiger partial charge in [0.1, 0.15) is 17.2 Å². The van der Waals surface area contributed by atoms with Crippen molar-refractivity contribution < 1.29 is 28.9 Å². The van der Waals surface area contributed by atoms with Gasteiger partial charge in [0.05, 0.1) is 21.3 Å². The standard InChI is InChI=1S/C32H43BO6/c1-36-29-15-9-26(10-16-29)23-32(24-27-11-17-30(37-2)18-12-27,25-28-13-19-31(38-3)20-14-28)21-7-5-4-6-8-22-39-33(34)35/h9-20,34-35H,4-8,21-25H2,1-3H3. The Balaban J connectivity index is 1.82. The molecule has 0 aliphatic rings. The molecule has 0 amide bonds. The smallest absolute Gasteiger partial charge is 0.497 e. The average Bonchev–Trinajstić information content (AvgIpc) is 2.95. The molecule has 7 heteroatoms. The molecule has 0 aliphatic carbocycles. The molecule has 0 bridgehead atoms. The van der Waals surface area contributed by atoms with Gasteiger partial charge in [0.25, 0.3) is 0 Å². The molecule has 0 saturated carbocycles. The zero-order valence-corrected chi connectivity index (χ0v) is 23.6. The SMILES string of the molecule is COc1ccc(CC(CCCCCCCOB(O)O)(Cc2ccc(OC)cc2)Cc2ccc(OC)cc2)cc1. The molecule has 210 valence electrons. The maximum Gasteiger partial charge on any atom is 0.633 e. The summed E-state index contributed by atoms with van der Waals surface area (Å²) in [6, 6.07) is 25.4. The predicted octanol–water partition coefficient (Wildman–Crippen LogP) is 6.05. The first kappa shape index (κ1) is 30.5. The third kappa shape index (κ3) is 10.6. The normalized spacial score (nSPS) is 11.3. The Hall–Kier alpha value is -3.00. The lowest BCUT2D eigenvalue weighted by molar-refractivity contribution is 0.181. The molecule has 0 spiro atoms. The average molecular weight is 535 g/mol. The molecular weight excluding hydrogens is 491 g/mol. The fourth-order valence-corrected chi connectivity index (χ4v) is 5.30. The lowest BCUT2D eigenvalue weighted by atomic mass is 9.69. The van der Waals surface area contributed by atoms with Crippen molar-refractivity contribution >= 4 is 7.32 Å². The zero-order valence-electron chi connectivity index (χ0n) is 23.6. The number of rotatable bonds is 18. The van der Waals surface area contributed by atoms with Crippen molar-refractivity contribution in [2.45, 2.75) is 57.8 Å². The van der Waals surface area contributed by atoms with Crippen LogP contribution in [0.1, 0.15) is 55.2 Å². The van der Waals surface area contributed by atoms with Crippen molar-refractivity contribution in [2.24, 2.45) is 5.41 Å². The molecule has 0 radical (unpaired) electrons. The van der Waals surface area contributed by atoms with Gasteiger partial charge in [-0.2, -0.15) is 0 Å². The van der Waals surface area contributed by atoms with Crippen LogP contribution in [-0.2, 0) is 23.9 Å². The summed E-state index contributed by atoms with van der Waals surface area (Å²) in [5.41, 5.74) is 3.93. The van der Waals surface area contributed by atoms with Gasteiger partial charge in [-0.05, 0) is 90.6 Å². The summed E-state index contributed by atoms with van der Waals surface area (Å²) >= 11 is 0. The summed E-state index contributed by atoms with van der Waals surface area (Å²) in [4.78, 5) is 0. The van der Waals surface area contributed by atoms with Crippen LogP contribution >= 0.6 is 0 Å². The second kappa shape index (κ2) is 16.2. The molecule has 0 aromatic heterocycles. The predicted molar refractivity (Wildman–Crippen MR) is 156 cm³/mol. The molecular formula is C32H43BO6. The van der Waals surface area contributed by atoms with Crippen LogP contribution in [-0.4, -0.2) is 45.3 Å². The highest BCUT2D eigenvalue weighted by molar-refractivity contribution is 6.32. The van der Waals surface area contributed by atoms with Crippen molar-refractivity contribution in [1.29, 1.82) is 0 Å². The highest BCUT2D eigenvalue weighted by Gasteiger charge is 2.31. The van der Waals surface area contributed by atoms with E-state index in [1.54, 1.807) is 21.3 Å². The van der Waals surface area contributed by atoms with Gasteiger partial charge in [-0.15, -0.1) is 0 Å². The van der Waals surface area contributed by atoms with Crippen LogP contribution in [0, 0.1) is 5.41 Å². The van der Waals surface area contributed by atoms with E-state index in [0.29, 0.717) is 6.61 Å². The molecule has 2 N–H and O–H groups in total. The molecule has 3 rings (SSSR count). The van der Waals surface area contributed by atoms with E-state index in [1.807, 2.05) is 36.4 Å². The van der Waals surface area contributed by atoms with Gasteiger partial charge in [0.15, 0.2) is 0 Å². The fourth-order valence-electron chi connectivity index (χ4n) is 5.30. The third-order valence-corrected chi connectivity index (χ3v) is 7.33. The Morgan fingerprint density at radius 3 is 1.26 bits per heavy atom. The number of hydrogen-bond acceptors (Lipinski definition) is 6. The second-order valence-corrected chi connectivity index (χ2v) is 10.3. The van der Waals surface area contributed by atoms with Gasteiger partial charge in [-0.1, -0.05) is 62.1 Å². The highest BCUT2D eigenvalue weighted by atomic mass is 16.6. The minimum Gasteiger partial charge on any atom is -0.497 e. The molecule has 0 heterocycles. The molecule has 0 unspecified atom stereocenters. The van der Waals surface area contributed by atoms with Crippen molar-refractivity contribution in [3.05, 3.63) is 89.5 Å². The van der Waals surface area contributed by atoms with E-state index < -0.39 is 7.32 Å².